The topological polar surface area (TPSA) is 88.1 Å². The summed E-state index contributed by atoms with van der Waals surface area (Å²) in [6, 6.07) is 21.3. The van der Waals surface area contributed by atoms with E-state index in [4.69, 9.17) is 16.3 Å². The van der Waals surface area contributed by atoms with E-state index in [9.17, 15) is 13.2 Å². The molecule has 0 spiro atoms. The van der Waals surface area contributed by atoms with Gasteiger partial charge in [0.1, 0.15) is 10.6 Å². The number of fused-ring (bicyclic) bond motifs is 1. The highest BCUT2D eigenvalue weighted by Crippen LogP contribution is 2.35. The summed E-state index contributed by atoms with van der Waals surface area (Å²) in [5.74, 6) is 0.145. The Labute approximate surface area is 201 Å². The maximum Gasteiger partial charge on any atom is 0.286 e. The Morgan fingerprint density at radius 2 is 1.82 bits per heavy atom. The summed E-state index contributed by atoms with van der Waals surface area (Å²) in [6.07, 6.45) is 0. The molecule has 1 N–H and O–H groups in total. The Hall–Kier alpha value is -3.01. The van der Waals surface area contributed by atoms with Crippen LogP contribution in [-0.4, -0.2) is 32.4 Å². The SMILES string of the molecule is COc1ccc(NC(=O)CSC2=NS(=O)(=O)c3ccccc3N2Cc2ccccc2)cc1Cl. The van der Waals surface area contributed by atoms with Crippen LogP contribution in [0.2, 0.25) is 5.02 Å². The lowest BCUT2D eigenvalue weighted by molar-refractivity contribution is -0.113. The van der Waals surface area contributed by atoms with Gasteiger partial charge >= 0.3 is 0 Å². The zero-order chi connectivity index (χ0) is 23.4. The molecule has 33 heavy (non-hydrogen) atoms. The van der Waals surface area contributed by atoms with E-state index >= 15 is 0 Å². The molecule has 7 nitrogen and oxygen atoms in total. The lowest BCUT2D eigenvalue weighted by atomic mass is 10.2. The predicted molar refractivity (Wildman–Crippen MR) is 133 cm³/mol. The third-order valence-corrected chi connectivity index (χ3v) is 7.52. The average Bonchev–Trinajstić information content (AvgIpc) is 2.80. The highest BCUT2D eigenvalue weighted by molar-refractivity contribution is 8.15. The van der Waals surface area contributed by atoms with Gasteiger partial charge in [-0.1, -0.05) is 65.8 Å². The van der Waals surface area contributed by atoms with Crippen molar-refractivity contribution in [1.82, 2.24) is 0 Å². The van der Waals surface area contributed by atoms with Gasteiger partial charge in [-0.2, -0.15) is 8.42 Å². The van der Waals surface area contributed by atoms with Gasteiger partial charge in [-0.05, 0) is 35.9 Å². The molecule has 1 heterocycles. The molecule has 0 bridgehead atoms. The Bertz CT molecular complexity index is 1310. The summed E-state index contributed by atoms with van der Waals surface area (Å²) < 4.78 is 34.6. The highest BCUT2D eigenvalue weighted by Gasteiger charge is 2.31. The molecule has 4 rings (SSSR count). The van der Waals surface area contributed by atoms with Crippen LogP contribution in [0.5, 0.6) is 5.75 Å². The fraction of sp³-hybridized carbons (Fsp3) is 0.130. The molecule has 0 aliphatic carbocycles. The van der Waals surface area contributed by atoms with Crippen LogP contribution >= 0.6 is 23.4 Å². The predicted octanol–water partition coefficient (Wildman–Crippen LogP) is 4.79. The van der Waals surface area contributed by atoms with Crippen LogP contribution in [0.15, 0.2) is 82.1 Å². The smallest absolute Gasteiger partial charge is 0.286 e. The number of halogens is 1. The molecular weight excluding hydrogens is 482 g/mol. The standard InChI is InChI=1S/C23H20ClN3O4S2/c1-31-20-12-11-17(13-18(20)24)25-22(28)15-32-23-26-33(29,30)21-10-6-5-9-19(21)27(23)14-16-7-3-2-4-8-16/h2-13H,14-15H2,1H3,(H,25,28). The van der Waals surface area contributed by atoms with Crippen LogP contribution in [0, 0.1) is 0 Å². The van der Waals surface area contributed by atoms with E-state index < -0.39 is 10.0 Å². The minimum absolute atomic E-state index is 0.0363. The monoisotopic (exact) mass is 501 g/mol. The third kappa shape index (κ3) is 5.32. The van der Waals surface area contributed by atoms with Crippen LogP contribution in [0.25, 0.3) is 0 Å². The Kier molecular flexibility index (Phi) is 6.92. The van der Waals surface area contributed by atoms with Gasteiger partial charge in [0, 0.05) is 5.69 Å². The number of anilines is 2. The lowest BCUT2D eigenvalue weighted by Gasteiger charge is -2.30. The van der Waals surface area contributed by atoms with Crippen molar-refractivity contribution in [3.63, 3.8) is 0 Å². The second-order valence-electron chi connectivity index (χ2n) is 7.07. The molecule has 3 aromatic carbocycles. The molecule has 1 aliphatic heterocycles. The second-order valence-corrected chi connectivity index (χ2v) is 10.00. The van der Waals surface area contributed by atoms with Crippen LogP contribution in [-0.2, 0) is 21.4 Å². The molecule has 0 radical (unpaired) electrons. The van der Waals surface area contributed by atoms with Gasteiger partial charge in [0.05, 0.1) is 30.1 Å². The Morgan fingerprint density at radius 1 is 1.09 bits per heavy atom. The molecule has 0 saturated carbocycles. The number of sulfonamides is 1. The van der Waals surface area contributed by atoms with Gasteiger partial charge in [0.25, 0.3) is 10.0 Å². The quantitative estimate of drug-likeness (QED) is 0.522. The van der Waals surface area contributed by atoms with Crippen LogP contribution < -0.4 is 15.0 Å². The summed E-state index contributed by atoms with van der Waals surface area (Å²) in [4.78, 5) is 14.5. The molecule has 10 heteroatoms. The Balaban J connectivity index is 1.55. The number of carbonyl (C=O) groups is 1. The van der Waals surface area contributed by atoms with Crippen LogP contribution in [0.1, 0.15) is 5.56 Å². The number of para-hydroxylation sites is 1. The van der Waals surface area contributed by atoms with Gasteiger partial charge in [0.15, 0.2) is 5.17 Å². The first kappa shape index (κ1) is 23.2. The largest absolute Gasteiger partial charge is 0.495 e. The minimum Gasteiger partial charge on any atom is -0.495 e. The fourth-order valence-corrected chi connectivity index (χ4v) is 5.81. The number of hydrogen-bond acceptors (Lipinski definition) is 6. The van der Waals surface area contributed by atoms with Crippen molar-refractivity contribution in [3.05, 3.63) is 83.4 Å². The van der Waals surface area contributed by atoms with E-state index in [0.717, 1.165) is 17.3 Å². The molecule has 0 unspecified atom stereocenters. The molecule has 0 atom stereocenters. The third-order valence-electron chi connectivity index (χ3n) is 4.81. The highest BCUT2D eigenvalue weighted by atomic mass is 35.5. The number of methoxy groups -OCH3 is 1. The number of rotatable bonds is 6. The van der Waals surface area contributed by atoms with Crippen molar-refractivity contribution in [2.75, 3.05) is 23.1 Å². The van der Waals surface area contributed by atoms with E-state index in [-0.39, 0.29) is 21.7 Å². The normalized spacial score (nSPS) is 14.2. The molecule has 0 aromatic heterocycles. The molecule has 3 aromatic rings. The first-order valence-corrected chi connectivity index (χ1v) is 12.7. The molecular formula is C23H20ClN3O4S2. The molecule has 1 amide bonds. The molecule has 0 saturated heterocycles. The minimum atomic E-state index is -3.87. The van der Waals surface area contributed by atoms with E-state index in [0.29, 0.717) is 28.7 Å². The van der Waals surface area contributed by atoms with Crippen LogP contribution in [0.4, 0.5) is 11.4 Å². The van der Waals surface area contributed by atoms with E-state index in [2.05, 4.69) is 9.71 Å². The van der Waals surface area contributed by atoms with E-state index in [1.54, 1.807) is 36.4 Å². The van der Waals surface area contributed by atoms with Crippen LogP contribution in [0.3, 0.4) is 0 Å². The van der Waals surface area contributed by atoms with Crippen molar-refractivity contribution in [3.8, 4) is 5.75 Å². The van der Waals surface area contributed by atoms with Gasteiger partial charge in [-0.25, -0.2) is 0 Å². The lowest BCUT2D eigenvalue weighted by Crippen LogP contribution is -2.34. The number of thioether (sulfide) groups is 1. The number of ether oxygens (including phenoxy) is 1. The number of nitrogens with one attached hydrogen (secondary N) is 1. The van der Waals surface area contributed by atoms with Crippen molar-refractivity contribution >= 4 is 55.8 Å². The van der Waals surface area contributed by atoms with Gasteiger partial charge in [0.2, 0.25) is 5.91 Å². The summed E-state index contributed by atoms with van der Waals surface area (Å²) in [6.45, 7) is 0.412. The first-order chi connectivity index (χ1) is 15.9. The second kappa shape index (κ2) is 9.86. The summed E-state index contributed by atoms with van der Waals surface area (Å²) in [5, 5.41) is 3.36. The van der Waals surface area contributed by atoms with E-state index in [1.165, 1.54) is 13.2 Å². The number of amidine groups is 1. The molecule has 0 fully saturated rings. The number of carbonyl (C=O) groups excluding carboxylic acids is 1. The zero-order valence-corrected chi connectivity index (χ0v) is 20.0. The van der Waals surface area contributed by atoms with E-state index in [1.807, 2.05) is 35.2 Å². The summed E-state index contributed by atoms with van der Waals surface area (Å²) >= 11 is 7.17. The molecule has 170 valence electrons. The van der Waals surface area contributed by atoms with Crippen molar-refractivity contribution in [2.24, 2.45) is 4.40 Å². The number of benzene rings is 3. The van der Waals surface area contributed by atoms with Crippen molar-refractivity contribution in [1.29, 1.82) is 0 Å². The number of hydrogen-bond donors (Lipinski definition) is 1. The van der Waals surface area contributed by atoms with Crippen molar-refractivity contribution in [2.45, 2.75) is 11.4 Å². The first-order valence-electron chi connectivity index (χ1n) is 9.89. The molecule has 1 aliphatic rings. The van der Waals surface area contributed by atoms with Gasteiger partial charge in [-0.3, -0.25) is 4.79 Å². The van der Waals surface area contributed by atoms with Gasteiger partial charge in [-0.15, -0.1) is 4.40 Å². The maximum absolute atomic E-state index is 12.8. The number of nitrogens with zero attached hydrogens (tertiary/aromatic N) is 2. The van der Waals surface area contributed by atoms with Crippen molar-refractivity contribution < 1.29 is 17.9 Å². The number of amides is 1. The zero-order valence-electron chi connectivity index (χ0n) is 17.6. The maximum atomic E-state index is 12.8. The summed E-state index contributed by atoms with van der Waals surface area (Å²) in [7, 11) is -2.37. The Morgan fingerprint density at radius 3 is 2.55 bits per heavy atom. The van der Waals surface area contributed by atoms with Gasteiger partial charge < -0.3 is 15.0 Å². The fourth-order valence-electron chi connectivity index (χ4n) is 3.30. The average molecular weight is 502 g/mol. The summed E-state index contributed by atoms with van der Waals surface area (Å²) in [5.41, 5.74) is 2.02.